The van der Waals surface area contributed by atoms with Crippen molar-refractivity contribution in [2.75, 3.05) is 22.9 Å². The number of halogens is 1. The largest absolute Gasteiger partial charge is 0.366 e. The molecule has 2 aromatic rings. The average molecular weight is 340 g/mol. The van der Waals surface area contributed by atoms with Crippen molar-refractivity contribution in [3.8, 4) is 0 Å². The van der Waals surface area contributed by atoms with Crippen molar-refractivity contribution in [1.82, 2.24) is 4.98 Å². The topological polar surface area (TPSA) is 36.4 Å². The van der Waals surface area contributed by atoms with Crippen molar-refractivity contribution in [2.45, 2.75) is 30.7 Å². The lowest BCUT2D eigenvalue weighted by Gasteiger charge is -2.38. The second-order valence-corrected chi connectivity index (χ2v) is 7.46. The molecule has 1 saturated carbocycles. The maximum atomic E-state index is 13.6. The normalized spacial score (nSPS) is 23.1. The number of rotatable bonds is 2. The van der Waals surface area contributed by atoms with Crippen molar-refractivity contribution in [3.05, 3.63) is 53.3 Å². The van der Waals surface area contributed by atoms with Crippen LogP contribution in [0, 0.1) is 0 Å². The minimum Gasteiger partial charge on any atom is -0.366 e. The lowest BCUT2D eigenvalue weighted by atomic mass is 9.93. The van der Waals surface area contributed by atoms with E-state index in [0.29, 0.717) is 5.02 Å². The SMILES string of the molecule is O=C(N1c2ccncc2N2CCC1C2)C1(c2cccc(Cl)c2)CC1. The standard InChI is InChI=1S/C19H18ClN3O/c20-14-3-1-2-13(10-14)19(6-7-19)18(24)23-15-5-9-22(12-15)17-11-21-8-4-16(17)23/h1-4,8,10-11,15H,5-7,9,12H2. The molecule has 0 spiro atoms. The van der Waals surface area contributed by atoms with Crippen LogP contribution in [0.4, 0.5) is 11.4 Å². The zero-order valence-electron chi connectivity index (χ0n) is 13.3. The predicted octanol–water partition coefficient (Wildman–Crippen LogP) is 3.39. The van der Waals surface area contributed by atoms with Gasteiger partial charge in [0, 0.05) is 24.3 Å². The molecule has 1 aliphatic carbocycles. The minimum absolute atomic E-state index is 0.226. The van der Waals surface area contributed by atoms with E-state index in [0.717, 1.165) is 49.3 Å². The summed E-state index contributed by atoms with van der Waals surface area (Å²) in [6.45, 7) is 1.91. The van der Waals surface area contributed by atoms with Gasteiger partial charge in [-0.1, -0.05) is 23.7 Å². The van der Waals surface area contributed by atoms with Crippen molar-refractivity contribution < 1.29 is 4.79 Å². The zero-order chi connectivity index (χ0) is 16.3. The van der Waals surface area contributed by atoms with E-state index in [1.165, 1.54) is 0 Å². The Bertz CT molecular complexity index is 833. The summed E-state index contributed by atoms with van der Waals surface area (Å²) in [6.07, 6.45) is 6.49. The molecule has 0 N–H and O–H groups in total. The fraction of sp³-hybridized carbons (Fsp3) is 0.368. The summed E-state index contributed by atoms with van der Waals surface area (Å²) in [5.74, 6) is 0.226. The molecule has 5 heteroatoms. The van der Waals surface area contributed by atoms with Gasteiger partial charge in [0.2, 0.25) is 5.91 Å². The molecule has 1 aromatic heterocycles. The Hall–Kier alpha value is -2.07. The summed E-state index contributed by atoms with van der Waals surface area (Å²) in [4.78, 5) is 22.2. The van der Waals surface area contributed by atoms with Crippen LogP contribution in [0.5, 0.6) is 0 Å². The molecule has 1 unspecified atom stereocenters. The number of carbonyl (C=O) groups is 1. The molecule has 1 amide bonds. The van der Waals surface area contributed by atoms with Gasteiger partial charge in [0.25, 0.3) is 0 Å². The van der Waals surface area contributed by atoms with Gasteiger partial charge in [-0.2, -0.15) is 0 Å². The molecule has 2 aliphatic heterocycles. The minimum atomic E-state index is -0.393. The molecule has 5 rings (SSSR count). The third-order valence-corrected chi connectivity index (χ3v) is 5.90. The van der Waals surface area contributed by atoms with E-state index in [-0.39, 0.29) is 11.9 Å². The molecular weight excluding hydrogens is 322 g/mol. The highest BCUT2D eigenvalue weighted by Gasteiger charge is 2.55. The first-order valence-corrected chi connectivity index (χ1v) is 8.85. The summed E-state index contributed by atoms with van der Waals surface area (Å²) in [6, 6.07) is 10.0. The van der Waals surface area contributed by atoms with E-state index in [1.807, 2.05) is 36.5 Å². The van der Waals surface area contributed by atoms with E-state index in [2.05, 4.69) is 14.8 Å². The van der Waals surface area contributed by atoms with Crippen LogP contribution in [-0.4, -0.2) is 30.0 Å². The number of nitrogens with zero attached hydrogens (tertiary/aromatic N) is 3. The summed E-state index contributed by atoms with van der Waals surface area (Å²) < 4.78 is 0. The van der Waals surface area contributed by atoms with Crippen LogP contribution in [0.25, 0.3) is 0 Å². The van der Waals surface area contributed by atoms with Crippen LogP contribution in [0.2, 0.25) is 5.02 Å². The summed E-state index contributed by atoms with van der Waals surface area (Å²) in [5, 5.41) is 0.696. The second kappa shape index (κ2) is 4.96. The fourth-order valence-corrected chi connectivity index (χ4v) is 4.43. The molecule has 122 valence electrons. The molecule has 3 heterocycles. The van der Waals surface area contributed by atoms with Crippen LogP contribution in [0.1, 0.15) is 24.8 Å². The van der Waals surface area contributed by atoms with E-state index in [4.69, 9.17) is 11.6 Å². The van der Waals surface area contributed by atoms with Crippen molar-refractivity contribution >= 4 is 28.9 Å². The first-order chi connectivity index (χ1) is 11.7. The third-order valence-electron chi connectivity index (χ3n) is 5.66. The van der Waals surface area contributed by atoms with Crippen LogP contribution in [-0.2, 0) is 10.2 Å². The Morgan fingerprint density at radius 2 is 2.12 bits per heavy atom. The maximum Gasteiger partial charge on any atom is 0.238 e. The first kappa shape index (κ1) is 14.3. The number of benzene rings is 1. The highest BCUT2D eigenvalue weighted by molar-refractivity contribution is 6.30. The molecule has 1 atom stereocenters. The Balaban J connectivity index is 1.58. The fourth-order valence-electron chi connectivity index (χ4n) is 4.24. The van der Waals surface area contributed by atoms with Crippen LogP contribution in [0.15, 0.2) is 42.7 Å². The summed E-state index contributed by atoms with van der Waals surface area (Å²) in [5.41, 5.74) is 2.76. The van der Waals surface area contributed by atoms with Crippen molar-refractivity contribution in [1.29, 1.82) is 0 Å². The molecule has 1 saturated heterocycles. The van der Waals surface area contributed by atoms with Crippen molar-refractivity contribution in [3.63, 3.8) is 0 Å². The lowest BCUT2D eigenvalue weighted by molar-refractivity contribution is -0.121. The number of fused-ring (bicyclic) bond motifs is 4. The highest BCUT2D eigenvalue weighted by atomic mass is 35.5. The third kappa shape index (κ3) is 1.92. The van der Waals surface area contributed by atoms with Gasteiger partial charge in [0.05, 0.1) is 29.0 Å². The smallest absolute Gasteiger partial charge is 0.238 e. The second-order valence-electron chi connectivity index (χ2n) is 7.02. The number of hydrogen-bond donors (Lipinski definition) is 0. The van der Waals surface area contributed by atoms with E-state index in [9.17, 15) is 4.79 Å². The average Bonchev–Trinajstić information content (AvgIpc) is 3.32. The molecular formula is C19H18ClN3O. The van der Waals surface area contributed by atoms with Crippen LogP contribution in [0.3, 0.4) is 0 Å². The number of aromatic nitrogens is 1. The number of pyridine rings is 1. The van der Waals surface area contributed by atoms with E-state index < -0.39 is 5.41 Å². The summed E-state index contributed by atoms with van der Waals surface area (Å²) in [7, 11) is 0. The van der Waals surface area contributed by atoms with Crippen molar-refractivity contribution in [2.24, 2.45) is 0 Å². The highest BCUT2D eigenvalue weighted by Crippen LogP contribution is 2.52. The Kier molecular flexibility index (Phi) is 2.95. The van der Waals surface area contributed by atoms with Gasteiger partial charge in [0.15, 0.2) is 0 Å². The zero-order valence-corrected chi connectivity index (χ0v) is 14.0. The van der Waals surface area contributed by atoms with Crippen LogP contribution < -0.4 is 9.80 Å². The Morgan fingerprint density at radius 3 is 2.92 bits per heavy atom. The molecule has 24 heavy (non-hydrogen) atoms. The lowest BCUT2D eigenvalue weighted by Crippen LogP contribution is -2.50. The maximum absolute atomic E-state index is 13.6. The number of hydrogen-bond acceptors (Lipinski definition) is 3. The molecule has 3 aliphatic rings. The van der Waals surface area contributed by atoms with E-state index >= 15 is 0 Å². The van der Waals surface area contributed by atoms with Gasteiger partial charge in [0.1, 0.15) is 0 Å². The van der Waals surface area contributed by atoms with Gasteiger partial charge < -0.3 is 9.80 Å². The number of amides is 1. The molecule has 1 aromatic carbocycles. The van der Waals surface area contributed by atoms with Gasteiger partial charge in [-0.3, -0.25) is 9.78 Å². The van der Waals surface area contributed by atoms with Gasteiger partial charge in [-0.15, -0.1) is 0 Å². The quantitative estimate of drug-likeness (QED) is 0.841. The number of carbonyl (C=O) groups excluding carboxylic acids is 1. The summed E-state index contributed by atoms with van der Waals surface area (Å²) >= 11 is 6.17. The molecule has 0 radical (unpaired) electrons. The van der Waals surface area contributed by atoms with Crippen LogP contribution >= 0.6 is 11.6 Å². The van der Waals surface area contributed by atoms with E-state index in [1.54, 1.807) is 6.20 Å². The molecule has 4 nitrogen and oxygen atoms in total. The molecule has 2 bridgehead atoms. The Morgan fingerprint density at radius 1 is 1.25 bits per heavy atom. The molecule has 2 fully saturated rings. The van der Waals surface area contributed by atoms with Gasteiger partial charge in [-0.25, -0.2) is 0 Å². The van der Waals surface area contributed by atoms with Gasteiger partial charge >= 0.3 is 0 Å². The Labute approximate surface area is 146 Å². The monoisotopic (exact) mass is 339 g/mol. The first-order valence-electron chi connectivity index (χ1n) is 8.48. The van der Waals surface area contributed by atoms with Gasteiger partial charge in [-0.05, 0) is 43.0 Å². The predicted molar refractivity (Wildman–Crippen MR) is 94.7 cm³/mol. The number of anilines is 2.